The first-order valence-electron chi connectivity index (χ1n) is 19.1. The van der Waals surface area contributed by atoms with Gasteiger partial charge in [-0.1, -0.05) is 157 Å². The van der Waals surface area contributed by atoms with E-state index in [-0.39, 0.29) is 12.0 Å². The number of benzene rings is 5. The van der Waals surface area contributed by atoms with E-state index in [9.17, 15) is 0 Å². The van der Waals surface area contributed by atoms with Crippen LogP contribution in [-0.2, 0) is 0 Å². The zero-order chi connectivity index (χ0) is 36.3. The molecule has 3 heterocycles. The van der Waals surface area contributed by atoms with Gasteiger partial charge in [0.2, 0.25) is 0 Å². The van der Waals surface area contributed by atoms with Crippen LogP contribution in [0.25, 0.3) is 33.9 Å². The predicted octanol–water partition coefficient (Wildman–Crippen LogP) is 13.0. The summed E-state index contributed by atoms with van der Waals surface area (Å²) in [6.45, 7) is 0. The van der Waals surface area contributed by atoms with Crippen LogP contribution in [-0.4, -0.2) is 10.4 Å². The maximum atomic E-state index is 5.23. The average Bonchev–Trinajstić information content (AvgIpc) is 3.62. The van der Waals surface area contributed by atoms with Gasteiger partial charge in [-0.2, -0.15) is 0 Å². The molecule has 3 unspecified atom stereocenters. The topological polar surface area (TPSA) is 29.3 Å². The minimum absolute atomic E-state index is 0.0421. The van der Waals surface area contributed by atoms with Crippen LogP contribution in [0.5, 0.6) is 0 Å². The average molecular weight is 744 g/mol. The van der Waals surface area contributed by atoms with Crippen LogP contribution in [0.3, 0.4) is 0 Å². The Morgan fingerprint density at radius 2 is 1.45 bits per heavy atom. The van der Waals surface area contributed by atoms with Crippen LogP contribution in [0.4, 0.5) is 0 Å². The molecule has 55 heavy (non-hydrogen) atoms. The van der Waals surface area contributed by atoms with E-state index in [4.69, 9.17) is 4.99 Å². The maximum absolute atomic E-state index is 5.23. The standard InChI is InChI=1S/C50H37N3S2/c1-3-13-34(14-4-1)42-31-43(35-15-5-2-6-16-35)52-50(51-42)37-18-11-17-36(30-37)32-22-25-38(26-23-32)53-47-39-19-8-7-12-33(39)24-27-40(47)41-28-29-46-49(48(41)53)55-45-21-10-9-20-44(45)54-46/h1-10,12-17,19-31,33,39,42H,11,18H2,(H,51,52). The number of hydrogen-bond donors (Lipinski definition) is 1. The van der Waals surface area contributed by atoms with Crippen molar-refractivity contribution in [2.75, 3.05) is 0 Å². The summed E-state index contributed by atoms with van der Waals surface area (Å²) in [5.74, 6) is 1.59. The number of aromatic nitrogens is 1. The molecule has 3 atom stereocenters. The lowest BCUT2D eigenvalue weighted by Crippen LogP contribution is -2.32. The van der Waals surface area contributed by atoms with Gasteiger partial charge in [0, 0.05) is 48.9 Å². The first-order valence-corrected chi connectivity index (χ1v) is 20.8. The van der Waals surface area contributed by atoms with Gasteiger partial charge in [0.1, 0.15) is 5.84 Å². The molecule has 0 amide bonds. The molecule has 0 saturated heterocycles. The van der Waals surface area contributed by atoms with Crippen LogP contribution >= 0.6 is 23.5 Å². The number of aliphatic imine (C=N–C) groups is 1. The Balaban J connectivity index is 0.983. The molecule has 0 saturated carbocycles. The largest absolute Gasteiger partial charge is 0.359 e. The molecule has 6 aromatic rings. The zero-order valence-electron chi connectivity index (χ0n) is 30.1. The summed E-state index contributed by atoms with van der Waals surface area (Å²) in [5, 5.41) is 5.12. The lowest BCUT2D eigenvalue weighted by atomic mass is 9.80. The van der Waals surface area contributed by atoms with Crippen molar-refractivity contribution in [1.29, 1.82) is 0 Å². The van der Waals surface area contributed by atoms with Gasteiger partial charge in [-0.25, -0.2) is 4.99 Å². The van der Waals surface area contributed by atoms with Crippen molar-refractivity contribution in [3.8, 4) is 5.69 Å². The normalized spacial score (nSPS) is 20.6. The van der Waals surface area contributed by atoms with Gasteiger partial charge in [-0.05, 0) is 83.2 Å². The van der Waals surface area contributed by atoms with E-state index in [1.807, 2.05) is 23.5 Å². The molecule has 0 spiro atoms. The third-order valence-electron chi connectivity index (χ3n) is 11.3. The first kappa shape index (κ1) is 32.7. The molecule has 5 heteroatoms. The highest BCUT2D eigenvalue weighted by Crippen LogP contribution is 2.54. The van der Waals surface area contributed by atoms with E-state index in [1.165, 1.54) is 69.7 Å². The highest BCUT2D eigenvalue weighted by atomic mass is 32.2. The Morgan fingerprint density at radius 3 is 2.29 bits per heavy atom. The number of amidine groups is 1. The van der Waals surface area contributed by atoms with Crippen molar-refractivity contribution in [2.24, 2.45) is 10.9 Å². The second-order valence-corrected chi connectivity index (χ2v) is 16.8. The summed E-state index contributed by atoms with van der Waals surface area (Å²) in [6, 6.07) is 44.1. The van der Waals surface area contributed by atoms with Crippen LogP contribution in [0.1, 0.15) is 52.7 Å². The Bertz CT molecular complexity index is 2730. The quantitative estimate of drug-likeness (QED) is 0.190. The fourth-order valence-electron chi connectivity index (χ4n) is 8.66. The molecule has 264 valence electrons. The minimum Gasteiger partial charge on any atom is -0.359 e. The maximum Gasteiger partial charge on any atom is 0.130 e. The van der Waals surface area contributed by atoms with Crippen LogP contribution < -0.4 is 5.32 Å². The summed E-state index contributed by atoms with van der Waals surface area (Å²) in [7, 11) is 0. The number of fused-ring (bicyclic) bond motifs is 8. The molecular weight excluding hydrogens is 707 g/mol. The van der Waals surface area contributed by atoms with Gasteiger partial charge in [-0.15, -0.1) is 0 Å². The SMILES string of the molecule is C1=CC2C=Cc3c(n(-c4ccc(C5=CCCC(C6=NC(c7ccccc7)=CC(c7ccccc7)N6)=C5)cc4)c4c5c(ccc34)Sc3ccccc3S5)C2C=C1. The molecule has 1 aromatic heterocycles. The summed E-state index contributed by atoms with van der Waals surface area (Å²) in [4.78, 5) is 10.6. The second kappa shape index (κ2) is 13.5. The van der Waals surface area contributed by atoms with E-state index in [1.54, 1.807) is 0 Å². The van der Waals surface area contributed by atoms with E-state index < -0.39 is 0 Å². The van der Waals surface area contributed by atoms with Crippen molar-refractivity contribution in [1.82, 2.24) is 9.88 Å². The Morgan fingerprint density at radius 1 is 0.691 bits per heavy atom. The fraction of sp³-hybridized carbons (Fsp3) is 0.100. The van der Waals surface area contributed by atoms with Gasteiger partial charge in [0.15, 0.2) is 0 Å². The lowest BCUT2D eigenvalue weighted by Gasteiger charge is -2.28. The summed E-state index contributed by atoms with van der Waals surface area (Å²) in [6.07, 6.45) is 22.8. The molecule has 2 aliphatic heterocycles. The molecule has 11 rings (SSSR count). The van der Waals surface area contributed by atoms with Crippen LogP contribution in [0.2, 0.25) is 0 Å². The van der Waals surface area contributed by atoms with Gasteiger partial charge in [0.25, 0.3) is 0 Å². The smallest absolute Gasteiger partial charge is 0.130 e. The summed E-state index contributed by atoms with van der Waals surface area (Å²) in [5.41, 5.74) is 12.3. The van der Waals surface area contributed by atoms with E-state index in [2.05, 4.69) is 186 Å². The van der Waals surface area contributed by atoms with Gasteiger partial charge >= 0.3 is 0 Å². The summed E-state index contributed by atoms with van der Waals surface area (Å²) < 4.78 is 2.58. The fourth-order valence-corrected chi connectivity index (χ4v) is 11.0. The Hall–Kier alpha value is -5.75. The lowest BCUT2D eigenvalue weighted by molar-refractivity contribution is 0.660. The summed E-state index contributed by atoms with van der Waals surface area (Å²) >= 11 is 3.81. The molecule has 0 radical (unpaired) electrons. The molecule has 3 aliphatic carbocycles. The van der Waals surface area contributed by atoms with Crippen molar-refractivity contribution in [3.63, 3.8) is 0 Å². The molecule has 3 nitrogen and oxygen atoms in total. The minimum atomic E-state index is 0.0421. The molecule has 0 fully saturated rings. The van der Waals surface area contributed by atoms with Crippen LogP contribution in [0, 0.1) is 5.92 Å². The molecular formula is C50H37N3S2. The van der Waals surface area contributed by atoms with Crippen molar-refractivity contribution >= 4 is 57.6 Å². The Labute approximate surface area is 330 Å². The van der Waals surface area contributed by atoms with E-state index >= 15 is 0 Å². The van der Waals surface area contributed by atoms with E-state index in [0.717, 1.165) is 29.9 Å². The third-order valence-corrected chi connectivity index (χ3v) is 13.9. The van der Waals surface area contributed by atoms with Gasteiger partial charge in [-0.3, -0.25) is 0 Å². The Kier molecular flexibility index (Phi) is 8.03. The number of nitrogens with zero attached hydrogens (tertiary/aromatic N) is 2. The van der Waals surface area contributed by atoms with Gasteiger partial charge in [0.05, 0.1) is 22.2 Å². The number of hydrogen-bond acceptors (Lipinski definition) is 4. The predicted molar refractivity (Wildman–Crippen MR) is 231 cm³/mol. The number of allylic oxidation sites excluding steroid dienone is 8. The number of nitrogens with one attached hydrogen (secondary N) is 1. The highest BCUT2D eigenvalue weighted by molar-refractivity contribution is 8.05. The molecule has 1 N–H and O–H groups in total. The molecule has 0 bridgehead atoms. The van der Waals surface area contributed by atoms with Crippen molar-refractivity contribution < 1.29 is 0 Å². The second-order valence-electron chi connectivity index (χ2n) is 14.6. The monoisotopic (exact) mass is 743 g/mol. The van der Waals surface area contributed by atoms with Gasteiger partial charge < -0.3 is 9.88 Å². The zero-order valence-corrected chi connectivity index (χ0v) is 31.7. The first-order chi connectivity index (χ1) is 27.2. The van der Waals surface area contributed by atoms with Crippen LogP contribution in [0.15, 0.2) is 200 Å². The molecule has 5 aliphatic rings. The van der Waals surface area contributed by atoms with E-state index in [0.29, 0.717) is 5.92 Å². The van der Waals surface area contributed by atoms with Crippen molar-refractivity contribution in [2.45, 2.75) is 44.4 Å². The van der Waals surface area contributed by atoms with Crippen molar-refractivity contribution in [3.05, 3.63) is 203 Å². The third kappa shape index (κ3) is 5.73. The molecule has 5 aromatic carbocycles. The highest BCUT2D eigenvalue weighted by Gasteiger charge is 2.33. The number of rotatable bonds is 5.